The van der Waals surface area contributed by atoms with Crippen molar-refractivity contribution in [2.75, 3.05) is 17.9 Å². The normalized spacial score (nSPS) is 16.6. The summed E-state index contributed by atoms with van der Waals surface area (Å²) in [6.45, 7) is 2.91. The predicted molar refractivity (Wildman–Crippen MR) is 105 cm³/mol. The number of anilines is 1. The fraction of sp³-hybridized carbons (Fsp3) is 0.211. The van der Waals surface area contributed by atoms with E-state index in [1.54, 1.807) is 41.8 Å². The molecule has 1 aliphatic rings. The van der Waals surface area contributed by atoms with E-state index in [0.717, 1.165) is 25.2 Å². The zero-order valence-corrected chi connectivity index (χ0v) is 16.2. The van der Waals surface area contributed by atoms with Gasteiger partial charge in [0, 0.05) is 42.3 Å². The molecule has 140 valence electrons. The molecular weight excluding hydrogens is 382 g/mol. The van der Waals surface area contributed by atoms with Gasteiger partial charge in [-0.05, 0) is 35.7 Å². The first-order valence-corrected chi connectivity index (χ1v) is 10.9. The minimum absolute atomic E-state index is 0.178. The first-order valence-electron chi connectivity index (χ1n) is 8.53. The molecule has 3 aromatic rings. The number of hydrogen-bond acceptors (Lipinski definition) is 6. The van der Waals surface area contributed by atoms with Gasteiger partial charge in [-0.2, -0.15) is 0 Å². The van der Waals surface area contributed by atoms with Gasteiger partial charge in [-0.1, -0.05) is 10.3 Å². The van der Waals surface area contributed by atoms with Gasteiger partial charge in [0.2, 0.25) is 0 Å². The summed E-state index contributed by atoms with van der Waals surface area (Å²) in [5, 5.41) is 2.07. The maximum atomic E-state index is 12.6. The minimum atomic E-state index is -3.70. The van der Waals surface area contributed by atoms with Crippen LogP contribution in [0.4, 0.5) is 5.69 Å². The molecule has 0 bridgehead atoms. The molecule has 3 heterocycles. The topological polar surface area (TPSA) is 77.5 Å². The SMILES string of the molecule is O=[S+]([O-])(Nc1cccnc1)c1ccc2c(c1)OCCN(Cc1cccs1)C2. The van der Waals surface area contributed by atoms with Crippen LogP contribution in [0.1, 0.15) is 10.4 Å². The number of nitrogens with one attached hydrogen (secondary N) is 1. The van der Waals surface area contributed by atoms with Crippen LogP contribution in [0.25, 0.3) is 0 Å². The predicted octanol–water partition coefficient (Wildman–Crippen LogP) is 3.55. The lowest BCUT2D eigenvalue weighted by atomic mass is 10.2. The van der Waals surface area contributed by atoms with E-state index < -0.39 is 10.4 Å². The highest BCUT2D eigenvalue weighted by molar-refractivity contribution is 7.98. The average Bonchev–Trinajstić information content (AvgIpc) is 3.07. The molecule has 0 amide bonds. The summed E-state index contributed by atoms with van der Waals surface area (Å²) < 4.78 is 33.7. The second kappa shape index (κ2) is 7.77. The van der Waals surface area contributed by atoms with Crippen LogP contribution in [0.3, 0.4) is 0 Å². The molecule has 0 fully saturated rings. The fourth-order valence-electron chi connectivity index (χ4n) is 2.97. The van der Waals surface area contributed by atoms with Crippen LogP contribution in [0, 0.1) is 0 Å². The molecule has 0 saturated carbocycles. The van der Waals surface area contributed by atoms with Crippen molar-refractivity contribution in [2.45, 2.75) is 18.0 Å². The molecule has 8 heteroatoms. The number of sulfonamides is 1. The first-order chi connectivity index (χ1) is 13.1. The molecule has 2 aromatic heterocycles. The van der Waals surface area contributed by atoms with Gasteiger partial charge in [0.15, 0.2) is 15.3 Å². The third-order valence-electron chi connectivity index (χ3n) is 4.28. The molecule has 27 heavy (non-hydrogen) atoms. The monoisotopic (exact) mass is 401 g/mol. The van der Waals surface area contributed by atoms with Crippen LogP contribution < -0.4 is 9.46 Å². The summed E-state index contributed by atoms with van der Waals surface area (Å²) in [5.74, 6) is 0.623. The van der Waals surface area contributed by atoms with E-state index in [1.165, 1.54) is 11.1 Å². The minimum Gasteiger partial charge on any atom is -0.588 e. The lowest BCUT2D eigenvalue weighted by molar-refractivity contribution is 0.221. The summed E-state index contributed by atoms with van der Waals surface area (Å²) in [6.07, 6.45) is 3.07. The van der Waals surface area contributed by atoms with Crippen molar-refractivity contribution in [1.29, 1.82) is 0 Å². The van der Waals surface area contributed by atoms with Crippen molar-refractivity contribution in [3.63, 3.8) is 0 Å². The average molecular weight is 402 g/mol. The smallest absolute Gasteiger partial charge is 0.184 e. The van der Waals surface area contributed by atoms with Crippen molar-refractivity contribution in [3.8, 4) is 5.75 Å². The van der Waals surface area contributed by atoms with Crippen molar-refractivity contribution in [3.05, 3.63) is 70.7 Å². The maximum absolute atomic E-state index is 12.6. The summed E-state index contributed by atoms with van der Waals surface area (Å²) in [4.78, 5) is 7.71. The third kappa shape index (κ3) is 4.36. The van der Waals surface area contributed by atoms with E-state index in [4.69, 9.17) is 4.74 Å². The Labute approximate surface area is 163 Å². The Morgan fingerprint density at radius 3 is 3.00 bits per heavy atom. The van der Waals surface area contributed by atoms with Crippen molar-refractivity contribution >= 4 is 27.4 Å². The number of fused-ring (bicyclic) bond motifs is 1. The Kier molecular flexibility index (Phi) is 5.22. The number of benzene rings is 1. The lowest BCUT2D eigenvalue weighted by Crippen LogP contribution is -2.24. The van der Waals surface area contributed by atoms with Gasteiger partial charge in [0.1, 0.15) is 12.4 Å². The van der Waals surface area contributed by atoms with E-state index >= 15 is 0 Å². The Hall–Kier alpha value is -2.26. The number of rotatable bonds is 5. The van der Waals surface area contributed by atoms with E-state index in [2.05, 4.69) is 32.1 Å². The number of ether oxygens (including phenoxy) is 1. The van der Waals surface area contributed by atoms with Crippen LogP contribution in [0.15, 0.2) is 65.1 Å². The number of thiophene rings is 1. The summed E-state index contributed by atoms with van der Waals surface area (Å²) in [6, 6.07) is 12.6. The van der Waals surface area contributed by atoms with E-state index in [1.807, 2.05) is 6.07 Å². The molecule has 1 N–H and O–H groups in total. The van der Waals surface area contributed by atoms with E-state index in [0.29, 0.717) is 18.0 Å². The van der Waals surface area contributed by atoms with Crippen LogP contribution in [0.5, 0.6) is 5.75 Å². The highest BCUT2D eigenvalue weighted by atomic mass is 32.3. The summed E-state index contributed by atoms with van der Waals surface area (Å²) in [7, 11) is -3.70. The molecule has 1 aromatic carbocycles. The second-order valence-corrected chi connectivity index (χ2v) is 8.97. The summed E-state index contributed by atoms with van der Waals surface area (Å²) in [5.41, 5.74) is 1.42. The number of nitrogens with zero attached hydrogens (tertiary/aromatic N) is 2. The first kappa shape index (κ1) is 18.1. The van der Waals surface area contributed by atoms with Crippen LogP contribution in [-0.4, -0.2) is 27.6 Å². The molecule has 0 spiro atoms. The molecule has 1 aliphatic heterocycles. The van der Waals surface area contributed by atoms with Crippen molar-refractivity contribution in [2.24, 2.45) is 0 Å². The Balaban J connectivity index is 1.53. The van der Waals surface area contributed by atoms with Gasteiger partial charge in [-0.25, -0.2) is 4.72 Å². The van der Waals surface area contributed by atoms with Crippen LogP contribution in [-0.2, 0) is 27.7 Å². The van der Waals surface area contributed by atoms with Gasteiger partial charge in [-0.3, -0.25) is 9.88 Å². The highest BCUT2D eigenvalue weighted by Crippen LogP contribution is 2.30. The summed E-state index contributed by atoms with van der Waals surface area (Å²) >= 11 is 1.74. The zero-order chi connectivity index (χ0) is 18.7. The molecule has 4 rings (SSSR count). The molecule has 0 aliphatic carbocycles. The van der Waals surface area contributed by atoms with E-state index in [9.17, 15) is 8.76 Å². The van der Waals surface area contributed by atoms with Gasteiger partial charge < -0.3 is 9.29 Å². The number of pyridine rings is 1. The standard InChI is InChI=1S/C19H19N3O3S2/c23-27(24,21-16-3-1-7-20-12-16)18-6-5-15-13-22(8-9-25-19(15)11-18)14-17-4-2-10-26-17/h1-7,10-12H,8-9,13-14H2,(H-,21,23,24). The van der Waals surface area contributed by atoms with Gasteiger partial charge >= 0.3 is 0 Å². The second-order valence-electron chi connectivity index (χ2n) is 6.26. The lowest BCUT2D eigenvalue weighted by Gasteiger charge is -2.19. The van der Waals surface area contributed by atoms with Gasteiger partial charge in [-0.15, -0.1) is 11.3 Å². The van der Waals surface area contributed by atoms with Gasteiger partial charge in [0.25, 0.3) is 0 Å². The van der Waals surface area contributed by atoms with Crippen molar-refractivity contribution in [1.82, 2.24) is 9.88 Å². The largest absolute Gasteiger partial charge is 0.588 e. The third-order valence-corrected chi connectivity index (χ3v) is 6.52. The van der Waals surface area contributed by atoms with Crippen LogP contribution in [0.2, 0.25) is 0 Å². The Morgan fingerprint density at radius 1 is 1.30 bits per heavy atom. The molecule has 1 unspecified atom stereocenters. The Morgan fingerprint density at radius 2 is 2.22 bits per heavy atom. The van der Waals surface area contributed by atoms with Gasteiger partial charge in [0.05, 0.1) is 11.9 Å². The Bertz CT molecular complexity index is 948. The van der Waals surface area contributed by atoms with E-state index in [-0.39, 0.29) is 4.90 Å². The quantitative estimate of drug-likeness (QED) is 0.662. The fourth-order valence-corrected chi connectivity index (χ4v) is 4.77. The van der Waals surface area contributed by atoms with Crippen LogP contribution >= 0.6 is 11.3 Å². The maximum Gasteiger partial charge on any atom is 0.184 e. The highest BCUT2D eigenvalue weighted by Gasteiger charge is 2.24. The molecular formula is C19H19N3O3S2. The zero-order valence-electron chi connectivity index (χ0n) is 14.5. The molecule has 0 saturated heterocycles. The number of hydrogen-bond donors (Lipinski definition) is 1. The molecule has 6 nitrogen and oxygen atoms in total. The number of aromatic nitrogens is 1. The molecule has 0 radical (unpaired) electrons. The van der Waals surface area contributed by atoms with Crippen molar-refractivity contribution < 1.29 is 13.5 Å². The molecule has 1 atom stereocenters.